The molecule has 1 fully saturated rings. The molecule has 0 spiro atoms. The maximum absolute atomic E-state index is 5.94. The second-order valence-electron chi connectivity index (χ2n) is 4.26. The molecule has 0 aliphatic carbocycles. The second kappa shape index (κ2) is 3.71. The van der Waals surface area contributed by atoms with Gasteiger partial charge in [0, 0.05) is 31.7 Å². The fourth-order valence-corrected chi connectivity index (χ4v) is 1.95. The highest BCUT2D eigenvalue weighted by molar-refractivity contribution is 5.04. The lowest BCUT2D eigenvalue weighted by Crippen LogP contribution is -2.28. The van der Waals surface area contributed by atoms with E-state index in [2.05, 4.69) is 17.0 Å². The Labute approximate surface area is 84.0 Å². The van der Waals surface area contributed by atoms with E-state index in [1.54, 1.807) is 0 Å². The SMILES string of the molecule is Cc1cc(CN2CC(C)C(N)C2)no1. The lowest BCUT2D eigenvalue weighted by Gasteiger charge is -2.12. The first-order valence-electron chi connectivity index (χ1n) is 5.05. The largest absolute Gasteiger partial charge is 0.361 e. The number of likely N-dealkylation sites (tertiary alicyclic amines) is 1. The molecule has 2 rings (SSSR count). The van der Waals surface area contributed by atoms with E-state index in [0.29, 0.717) is 12.0 Å². The third-order valence-corrected chi connectivity index (χ3v) is 2.81. The number of hydrogen-bond acceptors (Lipinski definition) is 4. The summed E-state index contributed by atoms with van der Waals surface area (Å²) in [7, 11) is 0. The van der Waals surface area contributed by atoms with Crippen LogP contribution in [-0.2, 0) is 6.54 Å². The number of nitrogens with zero attached hydrogens (tertiary/aromatic N) is 2. The highest BCUT2D eigenvalue weighted by atomic mass is 16.5. The zero-order chi connectivity index (χ0) is 10.1. The Morgan fingerprint density at radius 3 is 2.93 bits per heavy atom. The molecule has 2 atom stereocenters. The Morgan fingerprint density at radius 1 is 1.64 bits per heavy atom. The van der Waals surface area contributed by atoms with Crippen LogP contribution in [-0.4, -0.2) is 29.2 Å². The first kappa shape index (κ1) is 9.68. The van der Waals surface area contributed by atoms with Gasteiger partial charge in [0.15, 0.2) is 0 Å². The summed E-state index contributed by atoms with van der Waals surface area (Å²) >= 11 is 0. The Hall–Kier alpha value is -0.870. The fraction of sp³-hybridized carbons (Fsp3) is 0.700. The lowest BCUT2D eigenvalue weighted by molar-refractivity contribution is 0.302. The summed E-state index contributed by atoms with van der Waals surface area (Å²) in [4.78, 5) is 2.33. The molecule has 4 nitrogen and oxygen atoms in total. The van der Waals surface area contributed by atoms with Crippen LogP contribution in [0.1, 0.15) is 18.4 Å². The van der Waals surface area contributed by atoms with E-state index in [-0.39, 0.29) is 0 Å². The molecule has 1 saturated heterocycles. The molecule has 1 aliphatic heterocycles. The quantitative estimate of drug-likeness (QED) is 0.757. The van der Waals surface area contributed by atoms with Crippen LogP contribution in [0, 0.1) is 12.8 Å². The van der Waals surface area contributed by atoms with Gasteiger partial charge in [0.05, 0.1) is 5.69 Å². The summed E-state index contributed by atoms with van der Waals surface area (Å²) in [6.45, 7) is 6.99. The minimum Gasteiger partial charge on any atom is -0.361 e. The predicted molar refractivity (Wildman–Crippen MR) is 53.7 cm³/mol. The highest BCUT2D eigenvalue weighted by Gasteiger charge is 2.26. The molecule has 0 saturated carbocycles. The highest BCUT2D eigenvalue weighted by Crippen LogP contribution is 2.16. The maximum atomic E-state index is 5.94. The summed E-state index contributed by atoms with van der Waals surface area (Å²) in [5, 5.41) is 3.97. The van der Waals surface area contributed by atoms with Gasteiger partial charge in [0.1, 0.15) is 5.76 Å². The monoisotopic (exact) mass is 195 g/mol. The van der Waals surface area contributed by atoms with Gasteiger partial charge >= 0.3 is 0 Å². The average molecular weight is 195 g/mol. The van der Waals surface area contributed by atoms with Gasteiger partial charge in [-0.15, -0.1) is 0 Å². The molecule has 0 aromatic carbocycles. The summed E-state index contributed by atoms with van der Waals surface area (Å²) < 4.78 is 5.02. The first-order valence-corrected chi connectivity index (χ1v) is 5.05. The Morgan fingerprint density at radius 2 is 2.43 bits per heavy atom. The molecule has 2 heterocycles. The van der Waals surface area contributed by atoms with E-state index in [1.165, 1.54) is 0 Å². The van der Waals surface area contributed by atoms with Gasteiger partial charge in [-0.3, -0.25) is 4.90 Å². The van der Waals surface area contributed by atoms with Crippen molar-refractivity contribution >= 4 is 0 Å². The molecule has 78 valence electrons. The summed E-state index contributed by atoms with van der Waals surface area (Å²) in [6, 6.07) is 2.29. The zero-order valence-electron chi connectivity index (χ0n) is 8.73. The van der Waals surface area contributed by atoms with Gasteiger partial charge in [0.2, 0.25) is 0 Å². The van der Waals surface area contributed by atoms with Crippen LogP contribution in [0.2, 0.25) is 0 Å². The van der Waals surface area contributed by atoms with E-state index in [4.69, 9.17) is 10.3 Å². The van der Waals surface area contributed by atoms with E-state index < -0.39 is 0 Å². The Kier molecular flexibility index (Phi) is 2.56. The molecule has 1 aromatic heterocycles. The van der Waals surface area contributed by atoms with Crippen molar-refractivity contribution in [1.29, 1.82) is 0 Å². The maximum Gasteiger partial charge on any atom is 0.133 e. The number of rotatable bonds is 2. The summed E-state index contributed by atoms with van der Waals surface area (Å²) in [6.07, 6.45) is 0. The minimum absolute atomic E-state index is 0.308. The van der Waals surface area contributed by atoms with Crippen LogP contribution < -0.4 is 5.73 Å². The second-order valence-corrected chi connectivity index (χ2v) is 4.26. The molecule has 1 aliphatic rings. The van der Waals surface area contributed by atoms with Crippen molar-refractivity contribution in [2.24, 2.45) is 11.7 Å². The smallest absolute Gasteiger partial charge is 0.133 e. The van der Waals surface area contributed by atoms with Crippen LogP contribution in [0.15, 0.2) is 10.6 Å². The number of aromatic nitrogens is 1. The van der Waals surface area contributed by atoms with Gasteiger partial charge in [-0.05, 0) is 12.8 Å². The fourth-order valence-electron chi connectivity index (χ4n) is 1.95. The average Bonchev–Trinajstić information content (AvgIpc) is 2.62. The van der Waals surface area contributed by atoms with E-state index in [1.807, 2.05) is 13.0 Å². The minimum atomic E-state index is 0.308. The van der Waals surface area contributed by atoms with Crippen LogP contribution >= 0.6 is 0 Å². The van der Waals surface area contributed by atoms with Gasteiger partial charge in [-0.25, -0.2) is 0 Å². The summed E-state index contributed by atoms with van der Waals surface area (Å²) in [5.74, 6) is 1.46. The number of aryl methyl sites for hydroxylation is 1. The van der Waals surface area contributed by atoms with Gasteiger partial charge in [-0.2, -0.15) is 0 Å². The first-order chi connectivity index (χ1) is 6.65. The van der Waals surface area contributed by atoms with Crippen molar-refractivity contribution in [3.05, 3.63) is 17.5 Å². The molecule has 0 radical (unpaired) electrons. The molecule has 4 heteroatoms. The molecule has 1 aromatic rings. The molecule has 0 amide bonds. The Bertz CT molecular complexity index is 300. The van der Waals surface area contributed by atoms with Crippen LogP contribution in [0.5, 0.6) is 0 Å². The van der Waals surface area contributed by atoms with Crippen LogP contribution in [0.3, 0.4) is 0 Å². The molecule has 2 N–H and O–H groups in total. The zero-order valence-corrected chi connectivity index (χ0v) is 8.73. The lowest BCUT2D eigenvalue weighted by atomic mass is 10.1. The van der Waals surface area contributed by atoms with Crippen molar-refractivity contribution in [2.45, 2.75) is 26.4 Å². The third kappa shape index (κ3) is 1.96. The van der Waals surface area contributed by atoms with Crippen molar-refractivity contribution in [1.82, 2.24) is 10.1 Å². The normalized spacial score (nSPS) is 28.5. The van der Waals surface area contributed by atoms with Crippen molar-refractivity contribution in [3.8, 4) is 0 Å². The third-order valence-electron chi connectivity index (χ3n) is 2.81. The van der Waals surface area contributed by atoms with Gasteiger partial charge in [-0.1, -0.05) is 12.1 Å². The molecule has 2 unspecified atom stereocenters. The number of nitrogens with two attached hydrogens (primary N) is 1. The van der Waals surface area contributed by atoms with Crippen LogP contribution in [0.4, 0.5) is 0 Å². The Balaban J connectivity index is 1.93. The van der Waals surface area contributed by atoms with Crippen molar-refractivity contribution < 1.29 is 4.52 Å². The number of hydrogen-bond donors (Lipinski definition) is 1. The summed E-state index contributed by atoms with van der Waals surface area (Å²) in [5.41, 5.74) is 6.95. The van der Waals surface area contributed by atoms with Crippen LogP contribution in [0.25, 0.3) is 0 Å². The standard InChI is InChI=1S/C10H17N3O/c1-7-4-13(6-10(7)11)5-9-3-8(2)14-12-9/h3,7,10H,4-6,11H2,1-2H3. The van der Waals surface area contributed by atoms with E-state index >= 15 is 0 Å². The van der Waals surface area contributed by atoms with E-state index in [0.717, 1.165) is 31.1 Å². The van der Waals surface area contributed by atoms with Crippen molar-refractivity contribution in [3.63, 3.8) is 0 Å². The predicted octanol–water partition coefficient (Wildman–Crippen LogP) is 0.762. The molecule has 14 heavy (non-hydrogen) atoms. The topological polar surface area (TPSA) is 55.3 Å². The van der Waals surface area contributed by atoms with Gasteiger partial charge < -0.3 is 10.3 Å². The molecular weight excluding hydrogens is 178 g/mol. The van der Waals surface area contributed by atoms with Gasteiger partial charge in [0.25, 0.3) is 0 Å². The van der Waals surface area contributed by atoms with Crippen molar-refractivity contribution in [2.75, 3.05) is 13.1 Å². The van der Waals surface area contributed by atoms with E-state index in [9.17, 15) is 0 Å². The molecule has 0 bridgehead atoms. The molecular formula is C10H17N3O.